The topological polar surface area (TPSA) is 122 Å². The van der Waals surface area contributed by atoms with E-state index >= 15 is 0 Å². The summed E-state index contributed by atoms with van der Waals surface area (Å²) in [6.07, 6.45) is 0.620. The maximum atomic E-state index is 11.9. The molecule has 1 fully saturated rings. The molecule has 0 unspecified atom stereocenters. The highest BCUT2D eigenvalue weighted by molar-refractivity contribution is 7.91. The molecule has 0 aromatic heterocycles. The van der Waals surface area contributed by atoms with Gasteiger partial charge in [-0.3, -0.25) is 4.79 Å². The number of carbonyl (C=O) groups is 1. The van der Waals surface area contributed by atoms with Crippen LogP contribution in [0.15, 0.2) is 34.3 Å². The zero-order valence-corrected chi connectivity index (χ0v) is 15.7. The molecule has 1 aromatic rings. The number of carbonyl (C=O) groups excluding carboxylic acids is 1. The zero-order chi connectivity index (χ0) is 18.7. The fourth-order valence-corrected chi connectivity index (χ4v) is 5.14. The summed E-state index contributed by atoms with van der Waals surface area (Å²) in [6.45, 7) is 1.68. The molecule has 10 heteroatoms. The van der Waals surface area contributed by atoms with Gasteiger partial charge in [0.1, 0.15) is 0 Å². The molecule has 1 aromatic carbocycles. The average molecular weight is 387 g/mol. The van der Waals surface area contributed by atoms with Crippen LogP contribution < -0.4 is 10.1 Å². The largest absolute Gasteiger partial charge is 0.273 e. The van der Waals surface area contributed by atoms with Crippen LogP contribution in [-0.2, 0) is 24.7 Å². The predicted octanol–water partition coefficient (Wildman–Crippen LogP) is 0.260. The van der Waals surface area contributed by atoms with Crippen molar-refractivity contribution < 1.29 is 21.6 Å². The van der Waals surface area contributed by atoms with Gasteiger partial charge in [0, 0.05) is 6.42 Å². The molecule has 138 valence electrons. The monoisotopic (exact) mass is 387 g/mol. The number of benzene rings is 1. The van der Waals surface area contributed by atoms with Crippen LogP contribution in [-0.4, -0.2) is 47.0 Å². The molecule has 0 aliphatic carbocycles. The van der Waals surface area contributed by atoms with Crippen molar-refractivity contribution in [3.05, 3.63) is 29.8 Å². The van der Waals surface area contributed by atoms with Gasteiger partial charge in [0.2, 0.25) is 15.9 Å². The summed E-state index contributed by atoms with van der Waals surface area (Å²) in [4.78, 5) is 12.0. The first kappa shape index (κ1) is 19.5. The Labute approximate surface area is 147 Å². The molecular weight excluding hydrogens is 366 g/mol. The van der Waals surface area contributed by atoms with Gasteiger partial charge in [-0.1, -0.05) is 12.1 Å². The molecule has 1 aliphatic heterocycles. The van der Waals surface area contributed by atoms with E-state index in [0.717, 1.165) is 0 Å². The Hall–Kier alpha value is -1.78. The SMILES string of the molecule is CNS(=O)(=O)c1ccc(/C(C)=N\NC(=O)C[C@@H]2CCS(=O)(=O)C2)cc1. The van der Waals surface area contributed by atoms with Crippen LogP contribution in [0.4, 0.5) is 0 Å². The first-order chi connectivity index (χ1) is 11.6. The number of amides is 1. The Kier molecular flexibility index (Phi) is 5.96. The van der Waals surface area contributed by atoms with Crippen molar-refractivity contribution in [1.29, 1.82) is 0 Å². The van der Waals surface area contributed by atoms with Crippen LogP contribution in [0.5, 0.6) is 0 Å². The number of nitrogens with one attached hydrogen (secondary N) is 2. The third kappa shape index (κ3) is 5.35. The lowest BCUT2D eigenvalue weighted by Crippen LogP contribution is -2.22. The van der Waals surface area contributed by atoms with Gasteiger partial charge in [-0.05, 0) is 44.0 Å². The quantitative estimate of drug-likeness (QED) is 0.536. The van der Waals surface area contributed by atoms with Crippen LogP contribution >= 0.6 is 0 Å². The predicted molar refractivity (Wildman–Crippen MR) is 94.4 cm³/mol. The maximum Gasteiger partial charge on any atom is 0.240 e. The fraction of sp³-hybridized carbons (Fsp3) is 0.467. The Morgan fingerprint density at radius 2 is 1.92 bits per heavy atom. The molecule has 1 heterocycles. The van der Waals surface area contributed by atoms with Crippen LogP contribution in [0.2, 0.25) is 0 Å². The van der Waals surface area contributed by atoms with Gasteiger partial charge in [0.25, 0.3) is 0 Å². The van der Waals surface area contributed by atoms with Crippen molar-refractivity contribution in [3.63, 3.8) is 0 Å². The van der Waals surface area contributed by atoms with Gasteiger partial charge < -0.3 is 0 Å². The minimum absolute atomic E-state index is 0.0461. The second kappa shape index (κ2) is 7.63. The van der Waals surface area contributed by atoms with Gasteiger partial charge in [0.15, 0.2) is 9.84 Å². The van der Waals surface area contributed by atoms with Gasteiger partial charge in [-0.25, -0.2) is 27.0 Å². The lowest BCUT2D eigenvalue weighted by atomic mass is 10.1. The Balaban J connectivity index is 1.96. The van der Waals surface area contributed by atoms with E-state index in [1.54, 1.807) is 19.1 Å². The molecule has 1 saturated heterocycles. The molecule has 0 radical (unpaired) electrons. The minimum Gasteiger partial charge on any atom is -0.273 e. The first-order valence-electron chi connectivity index (χ1n) is 7.70. The molecule has 2 rings (SSSR count). The number of sulfone groups is 1. The van der Waals surface area contributed by atoms with E-state index in [0.29, 0.717) is 17.7 Å². The van der Waals surface area contributed by atoms with E-state index < -0.39 is 19.9 Å². The molecule has 0 spiro atoms. The lowest BCUT2D eigenvalue weighted by Gasteiger charge is -2.07. The van der Waals surface area contributed by atoms with E-state index in [9.17, 15) is 21.6 Å². The highest BCUT2D eigenvalue weighted by Gasteiger charge is 2.29. The Morgan fingerprint density at radius 3 is 2.44 bits per heavy atom. The van der Waals surface area contributed by atoms with Crippen molar-refractivity contribution in [2.75, 3.05) is 18.6 Å². The van der Waals surface area contributed by atoms with Crippen molar-refractivity contribution in [2.24, 2.45) is 11.0 Å². The second-order valence-electron chi connectivity index (χ2n) is 5.94. The molecule has 25 heavy (non-hydrogen) atoms. The second-order valence-corrected chi connectivity index (χ2v) is 10.1. The molecule has 1 amide bonds. The van der Waals surface area contributed by atoms with Gasteiger partial charge in [0.05, 0.1) is 22.1 Å². The third-order valence-corrected chi connectivity index (χ3v) is 7.27. The smallest absolute Gasteiger partial charge is 0.240 e. The van der Waals surface area contributed by atoms with E-state index in [1.165, 1.54) is 19.2 Å². The van der Waals surface area contributed by atoms with Gasteiger partial charge in [-0.15, -0.1) is 0 Å². The molecule has 1 atom stereocenters. The fourth-order valence-electron chi connectivity index (χ4n) is 2.54. The van der Waals surface area contributed by atoms with Crippen LogP contribution in [0, 0.1) is 5.92 Å². The molecular formula is C15H21N3O5S2. The van der Waals surface area contributed by atoms with Crippen LogP contribution in [0.3, 0.4) is 0 Å². The number of hydrazone groups is 1. The summed E-state index contributed by atoms with van der Waals surface area (Å²) in [6, 6.07) is 6.09. The van der Waals surface area contributed by atoms with E-state index in [2.05, 4.69) is 15.2 Å². The Morgan fingerprint density at radius 1 is 1.28 bits per heavy atom. The molecule has 0 saturated carbocycles. The molecule has 2 N–H and O–H groups in total. The zero-order valence-electron chi connectivity index (χ0n) is 14.0. The van der Waals surface area contributed by atoms with Crippen molar-refractivity contribution in [3.8, 4) is 0 Å². The molecule has 1 aliphatic rings. The lowest BCUT2D eigenvalue weighted by molar-refractivity contribution is -0.121. The van der Waals surface area contributed by atoms with Crippen molar-refractivity contribution >= 4 is 31.5 Å². The Bertz CT molecular complexity index is 874. The summed E-state index contributed by atoms with van der Waals surface area (Å²) in [7, 11) is -5.17. The normalized spacial score (nSPS) is 20.4. The van der Waals surface area contributed by atoms with Gasteiger partial charge in [-0.2, -0.15) is 5.10 Å². The highest BCUT2D eigenvalue weighted by Crippen LogP contribution is 2.21. The number of rotatable bonds is 6. The standard InChI is InChI=1S/C15H21N3O5S2/c1-11(13-3-5-14(6-4-13)25(22,23)16-2)17-18-15(19)9-12-7-8-24(20,21)10-12/h3-6,12,16H,7-10H2,1-2H3,(H,18,19)/b17-11-/t12-/m0/s1. The van der Waals surface area contributed by atoms with Crippen LogP contribution in [0.25, 0.3) is 0 Å². The summed E-state index contributed by atoms with van der Waals surface area (Å²) in [5, 5.41) is 3.99. The first-order valence-corrected chi connectivity index (χ1v) is 11.0. The summed E-state index contributed by atoms with van der Waals surface area (Å²) < 4.78 is 48.3. The highest BCUT2D eigenvalue weighted by atomic mass is 32.2. The summed E-state index contributed by atoms with van der Waals surface area (Å²) in [5.41, 5.74) is 3.59. The summed E-state index contributed by atoms with van der Waals surface area (Å²) in [5.74, 6) is -0.318. The third-order valence-electron chi connectivity index (χ3n) is 4.00. The van der Waals surface area contributed by atoms with E-state index in [-0.39, 0.29) is 34.6 Å². The molecule has 8 nitrogen and oxygen atoms in total. The number of hydrogen-bond acceptors (Lipinski definition) is 6. The number of nitrogens with zero attached hydrogens (tertiary/aromatic N) is 1. The summed E-state index contributed by atoms with van der Waals surface area (Å²) >= 11 is 0. The molecule has 0 bridgehead atoms. The van der Waals surface area contributed by atoms with Crippen molar-refractivity contribution in [1.82, 2.24) is 10.1 Å². The minimum atomic E-state index is -3.50. The average Bonchev–Trinajstić information content (AvgIpc) is 2.91. The van der Waals surface area contributed by atoms with E-state index in [4.69, 9.17) is 0 Å². The number of hydrogen-bond donors (Lipinski definition) is 2. The van der Waals surface area contributed by atoms with Crippen LogP contribution in [0.1, 0.15) is 25.3 Å². The van der Waals surface area contributed by atoms with Crippen molar-refractivity contribution in [2.45, 2.75) is 24.7 Å². The van der Waals surface area contributed by atoms with Gasteiger partial charge >= 0.3 is 0 Å². The van der Waals surface area contributed by atoms with E-state index in [1.807, 2.05) is 0 Å². The number of sulfonamides is 1. The maximum absolute atomic E-state index is 11.9.